The van der Waals surface area contributed by atoms with Crippen LogP contribution in [0.3, 0.4) is 0 Å². The van der Waals surface area contributed by atoms with Crippen LogP contribution in [0.15, 0.2) is 41.2 Å². The molecule has 168 valence electrons. The zero-order chi connectivity index (χ0) is 22.1. The van der Waals surface area contributed by atoms with E-state index >= 15 is 0 Å². The first-order valence-corrected chi connectivity index (χ1v) is 10.9. The monoisotopic (exact) mass is 428 g/mol. The van der Waals surface area contributed by atoms with Crippen LogP contribution in [0.1, 0.15) is 42.2 Å². The van der Waals surface area contributed by atoms with E-state index in [1.165, 1.54) is 16.8 Å². The van der Waals surface area contributed by atoms with Crippen molar-refractivity contribution in [2.24, 2.45) is 0 Å². The Bertz CT molecular complexity index is 908. The fourth-order valence-electron chi connectivity index (χ4n) is 3.58. The molecule has 8 heteroatoms. The Morgan fingerprint density at radius 1 is 1.29 bits per heavy atom. The molecule has 1 aliphatic rings. The van der Waals surface area contributed by atoms with Crippen molar-refractivity contribution in [3.8, 4) is 5.75 Å². The number of rotatable bonds is 10. The quantitative estimate of drug-likeness (QED) is 0.624. The van der Waals surface area contributed by atoms with E-state index in [2.05, 4.69) is 22.4 Å². The minimum atomic E-state index is -0.311. The zero-order valence-electron chi connectivity index (χ0n) is 18.4. The van der Waals surface area contributed by atoms with Gasteiger partial charge in [-0.05, 0) is 50.1 Å². The van der Waals surface area contributed by atoms with Crippen LogP contribution in [-0.4, -0.2) is 60.0 Å². The third kappa shape index (κ3) is 6.90. The minimum absolute atomic E-state index is 0.203. The lowest BCUT2D eigenvalue weighted by Gasteiger charge is -2.31. The average Bonchev–Trinajstić information content (AvgIpc) is 2.80. The number of ether oxygens (including phenoxy) is 2. The van der Waals surface area contributed by atoms with E-state index in [9.17, 15) is 9.59 Å². The van der Waals surface area contributed by atoms with E-state index in [1.807, 2.05) is 31.2 Å². The van der Waals surface area contributed by atoms with Gasteiger partial charge in [0.2, 0.25) is 0 Å². The molecule has 8 nitrogen and oxygen atoms in total. The lowest BCUT2D eigenvalue weighted by atomic mass is 10.1. The molecule has 0 atom stereocenters. The Balaban J connectivity index is 1.48. The number of carbonyl (C=O) groups excluding carboxylic acids is 1. The van der Waals surface area contributed by atoms with Gasteiger partial charge in [-0.2, -0.15) is 5.10 Å². The SMILES string of the molecule is CCCn1nc(C(=O)NCc2cccc(OCCN(C)C3CCOCC3)c2)ccc1=O. The fraction of sp³-hybridized carbons (Fsp3) is 0.522. The number of aromatic nitrogens is 2. The van der Waals surface area contributed by atoms with Gasteiger partial charge in [0.15, 0.2) is 0 Å². The van der Waals surface area contributed by atoms with Crippen molar-refractivity contribution >= 4 is 5.91 Å². The van der Waals surface area contributed by atoms with Crippen LogP contribution in [-0.2, 0) is 17.8 Å². The van der Waals surface area contributed by atoms with Gasteiger partial charge in [0.25, 0.3) is 11.5 Å². The number of carbonyl (C=O) groups is 1. The van der Waals surface area contributed by atoms with Crippen LogP contribution in [0.2, 0.25) is 0 Å². The third-order valence-electron chi connectivity index (χ3n) is 5.41. The molecular formula is C23H32N4O4. The predicted octanol–water partition coefficient (Wildman–Crippen LogP) is 2.07. The van der Waals surface area contributed by atoms with Gasteiger partial charge < -0.3 is 14.8 Å². The molecule has 1 fully saturated rings. The third-order valence-corrected chi connectivity index (χ3v) is 5.41. The second-order valence-electron chi connectivity index (χ2n) is 7.78. The summed E-state index contributed by atoms with van der Waals surface area (Å²) < 4.78 is 12.7. The summed E-state index contributed by atoms with van der Waals surface area (Å²) in [6.07, 6.45) is 2.91. The standard InChI is InChI=1S/C23H32N4O4/c1-3-11-27-22(28)8-7-21(25-27)23(29)24-17-18-5-4-6-20(16-18)31-15-12-26(2)19-9-13-30-14-10-19/h4-8,16,19H,3,9-15,17H2,1-2H3,(H,24,29). The van der Waals surface area contributed by atoms with E-state index < -0.39 is 0 Å². The molecule has 0 unspecified atom stereocenters. The molecule has 2 heterocycles. The van der Waals surface area contributed by atoms with Gasteiger partial charge in [0.05, 0.1) is 0 Å². The summed E-state index contributed by atoms with van der Waals surface area (Å²) in [7, 11) is 2.13. The maximum absolute atomic E-state index is 12.4. The van der Waals surface area contributed by atoms with Gasteiger partial charge in [-0.25, -0.2) is 4.68 Å². The molecule has 1 N–H and O–H groups in total. The molecular weight excluding hydrogens is 396 g/mol. The summed E-state index contributed by atoms with van der Waals surface area (Å²) in [6, 6.07) is 11.1. The van der Waals surface area contributed by atoms with Crippen molar-refractivity contribution in [1.29, 1.82) is 0 Å². The molecule has 1 aromatic heterocycles. The number of hydrogen-bond acceptors (Lipinski definition) is 6. The molecule has 1 aliphatic heterocycles. The Morgan fingerprint density at radius 2 is 2.10 bits per heavy atom. The summed E-state index contributed by atoms with van der Waals surface area (Å²) in [5, 5.41) is 7.00. The van der Waals surface area contributed by atoms with Crippen LogP contribution < -0.4 is 15.6 Å². The predicted molar refractivity (Wildman–Crippen MR) is 118 cm³/mol. The number of likely N-dealkylation sites (N-methyl/N-ethyl adjacent to an activating group) is 1. The van der Waals surface area contributed by atoms with Crippen molar-refractivity contribution in [3.63, 3.8) is 0 Å². The van der Waals surface area contributed by atoms with E-state index in [1.54, 1.807) is 0 Å². The van der Waals surface area contributed by atoms with Crippen molar-refractivity contribution in [1.82, 2.24) is 20.0 Å². The van der Waals surface area contributed by atoms with E-state index in [0.717, 1.165) is 50.3 Å². The summed E-state index contributed by atoms with van der Waals surface area (Å²) in [5.74, 6) is 0.469. The first-order chi connectivity index (χ1) is 15.1. The van der Waals surface area contributed by atoms with Crippen LogP contribution in [0, 0.1) is 0 Å². The smallest absolute Gasteiger partial charge is 0.271 e. The van der Waals surface area contributed by atoms with E-state index in [0.29, 0.717) is 25.7 Å². The lowest BCUT2D eigenvalue weighted by molar-refractivity contribution is 0.0392. The van der Waals surface area contributed by atoms with Crippen LogP contribution in [0.4, 0.5) is 0 Å². The number of nitrogens with one attached hydrogen (secondary N) is 1. The molecule has 0 saturated carbocycles. The van der Waals surface area contributed by atoms with Crippen LogP contribution in [0.25, 0.3) is 0 Å². The first kappa shape index (κ1) is 23.0. The van der Waals surface area contributed by atoms with Crippen molar-refractivity contribution in [3.05, 3.63) is 58.0 Å². The minimum Gasteiger partial charge on any atom is -0.492 e. The molecule has 3 rings (SSSR count). The van der Waals surface area contributed by atoms with Gasteiger partial charge in [-0.15, -0.1) is 0 Å². The Kier molecular flexibility index (Phi) is 8.61. The molecule has 0 aliphatic carbocycles. The number of benzene rings is 1. The molecule has 1 amide bonds. The molecule has 0 spiro atoms. The second-order valence-corrected chi connectivity index (χ2v) is 7.78. The fourth-order valence-corrected chi connectivity index (χ4v) is 3.58. The first-order valence-electron chi connectivity index (χ1n) is 10.9. The molecule has 0 bridgehead atoms. The Morgan fingerprint density at radius 3 is 2.87 bits per heavy atom. The highest BCUT2D eigenvalue weighted by Gasteiger charge is 2.18. The van der Waals surface area contributed by atoms with Crippen LogP contribution >= 0.6 is 0 Å². The average molecular weight is 429 g/mol. The Hall–Kier alpha value is -2.71. The van der Waals surface area contributed by atoms with Gasteiger partial charge in [0, 0.05) is 45.0 Å². The van der Waals surface area contributed by atoms with E-state index in [4.69, 9.17) is 9.47 Å². The normalized spacial score (nSPS) is 14.5. The van der Waals surface area contributed by atoms with E-state index in [-0.39, 0.29) is 17.2 Å². The highest BCUT2D eigenvalue weighted by molar-refractivity contribution is 5.91. The van der Waals surface area contributed by atoms with Gasteiger partial charge in [-0.3, -0.25) is 14.5 Å². The summed E-state index contributed by atoms with van der Waals surface area (Å²) >= 11 is 0. The molecule has 1 aromatic carbocycles. The summed E-state index contributed by atoms with van der Waals surface area (Å²) in [4.78, 5) is 26.5. The lowest BCUT2D eigenvalue weighted by Crippen LogP contribution is -2.38. The van der Waals surface area contributed by atoms with Crippen LogP contribution in [0.5, 0.6) is 5.75 Å². The Labute approximate surface area is 183 Å². The second kappa shape index (κ2) is 11.6. The van der Waals surface area contributed by atoms with Crippen molar-refractivity contribution in [2.75, 3.05) is 33.4 Å². The number of nitrogens with zero attached hydrogens (tertiary/aromatic N) is 3. The van der Waals surface area contributed by atoms with Gasteiger partial charge in [0.1, 0.15) is 18.1 Å². The van der Waals surface area contributed by atoms with Gasteiger partial charge >= 0.3 is 0 Å². The molecule has 31 heavy (non-hydrogen) atoms. The molecule has 0 radical (unpaired) electrons. The zero-order valence-corrected chi connectivity index (χ0v) is 18.4. The van der Waals surface area contributed by atoms with Crippen molar-refractivity contribution < 1.29 is 14.3 Å². The topological polar surface area (TPSA) is 85.7 Å². The largest absolute Gasteiger partial charge is 0.492 e. The highest BCUT2D eigenvalue weighted by Crippen LogP contribution is 2.15. The number of aryl methyl sites for hydroxylation is 1. The maximum atomic E-state index is 12.4. The highest BCUT2D eigenvalue weighted by atomic mass is 16.5. The van der Waals surface area contributed by atoms with Crippen molar-refractivity contribution in [2.45, 2.75) is 45.3 Å². The number of amides is 1. The molecule has 2 aromatic rings. The maximum Gasteiger partial charge on any atom is 0.271 e. The summed E-state index contributed by atoms with van der Waals surface area (Å²) in [5.41, 5.74) is 0.966. The number of hydrogen-bond donors (Lipinski definition) is 1. The molecule has 1 saturated heterocycles. The van der Waals surface area contributed by atoms with Gasteiger partial charge in [-0.1, -0.05) is 19.1 Å². The summed E-state index contributed by atoms with van der Waals surface area (Å²) in [6.45, 7) is 5.92.